The van der Waals surface area contributed by atoms with Gasteiger partial charge in [-0.05, 0) is 32.0 Å². The van der Waals surface area contributed by atoms with E-state index in [0.717, 1.165) is 17.0 Å². The van der Waals surface area contributed by atoms with Crippen molar-refractivity contribution in [1.29, 1.82) is 0 Å². The van der Waals surface area contributed by atoms with Crippen LogP contribution in [0, 0.1) is 13.8 Å². The fraction of sp³-hybridized carbons (Fsp3) is 0.375. The van der Waals surface area contributed by atoms with Crippen LogP contribution in [0.4, 0.5) is 13.2 Å². The van der Waals surface area contributed by atoms with Crippen molar-refractivity contribution in [3.05, 3.63) is 46.8 Å². The number of carbonyl (C=O) groups is 1. The molecule has 24 heavy (non-hydrogen) atoms. The van der Waals surface area contributed by atoms with E-state index in [1.165, 1.54) is 24.3 Å². The van der Waals surface area contributed by atoms with Gasteiger partial charge < -0.3 is 10.1 Å². The summed E-state index contributed by atoms with van der Waals surface area (Å²) in [5.41, 5.74) is 2.90. The first-order chi connectivity index (χ1) is 11.2. The third-order valence-electron chi connectivity index (χ3n) is 3.58. The summed E-state index contributed by atoms with van der Waals surface area (Å²) in [4.78, 5) is 12.2. The molecule has 1 aromatic carbocycles. The van der Waals surface area contributed by atoms with E-state index < -0.39 is 18.7 Å². The highest BCUT2D eigenvalue weighted by Gasteiger charge is 2.28. The Hall–Kier alpha value is -2.51. The van der Waals surface area contributed by atoms with E-state index in [0.29, 0.717) is 0 Å². The number of ether oxygens (including phenoxy) is 1. The van der Waals surface area contributed by atoms with Crippen molar-refractivity contribution in [3.63, 3.8) is 0 Å². The molecular weight excluding hydrogens is 323 g/mol. The van der Waals surface area contributed by atoms with Gasteiger partial charge in [-0.2, -0.15) is 18.3 Å². The zero-order valence-electron chi connectivity index (χ0n) is 13.6. The van der Waals surface area contributed by atoms with Crippen LogP contribution in [0.15, 0.2) is 24.3 Å². The van der Waals surface area contributed by atoms with E-state index in [9.17, 15) is 18.0 Å². The van der Waals surface area contributed by atoms with Crippen LogP contribution in [0.25, 0.3) is 0 Å². The average Bonchev–Trinajstić information content (AvgIpc) is 2.75. The molecule has 5 nitrogen and oxygen atoms in total. The molecule has 0 spiro atoms. The van der Waals surface area contributed by atoms with E-state index in [2.05, 4.69) is 15.2 Å². The molecule has 2 aromatic rings. The number of alkyl halides is 3. The number of carbonyl (C=O) groups excluding carboxylic acids is 1. The Morgan fingerprint density at radius 2 is 2.04 bits per heavy atom. The number of halogens is 3. The maximum absolute atomic E-state index is 12.2. The molecule has 8 heteroatoms. The van der Waals surface area contributed by atoms with Gasteiger partial charge in [-0.1, -0.05) is 6.07 Å². The molecule has 0 aliphatic carbocycles. The van der Waals surface area contributed by atoms with Crippen LogP contribution in [-0.4, -0.2) is 28.5 Å². The predicted molar refractivity (Wildman–Crippen MR) is 81.8 cm³/mol. The second-order valence-corrected chi connectivity index (χ2v) is 5.39. The number of rotatable bonds is 5. The summed E-state index contributed by atoms with van der Waals surface area (Å²) >= 11 is 0. The normalized spacial score (nSPS) is 11.4. The van der Waals surface area contributed by atoms with Crippen LogP contribution in [0.1, 0.15) is 27.3 Å². The first-order valence-electron chi connectivity index (χ1n) is 7.24. The molecule has 1 N–H and O–H groups in total. The number of aromatic nitrogens is 2. The summed E-state index contributed by atoms with van der Waals surface area (Å²) in [7, 11) is 1.81. The molecule has 130 valence electrons. The van der Waals surface area contributed by atoms with Crippen molar-refractivity contribution < 1.29 is 22.7 Å². The van der Waals surface area contributed by atoms with Gasteiger partial charge in [-0.3, -0.25) is 9.48 Å². The molecular formula is C16H18F3N3O2. The van der Waals surface area contributed by atoms with Gasteiger partial charge in [0.25, 0.3) is 5.91 Å². The second-order valence-electron chi connectivity index (χ2n) is 5.39. The highest BCUT2D eigenvalue weighted by atomic mass is 19.4. The summed E-state index contributed by atoms with van der Waals surface area (Å²) in [6.45, 7) is 2.64. The van der Waals surface area contributed by atoms with Crippen molar-refractivity contribution in [2.45, 2.75) is 26.6 Å². The van der Waals surface area contributed by atoms with Crippen molar-refractivity contribution in [3.8, 4) is 5.75 Å². The molecule has 1 aromatic heterocycles. The Morgan fingerprint density at radius 3 is 2.62 bits per heavy atom. The van der Waals surface area contributed by atoms with Crippen LogP contribution in [-0.2, 0) is 13.6 Å². The number of nitrogens with zero attached hydrogens (tertiary/aromatic N) is 2. The lowest BCUT2D eigenvalue weighted by Gasteiger charge is -2.10. The van der Waals surface area contributed by atoms with Gasteiger partial charge in [0.05, 0.1) is 5.69 Å². The number of hydrogen-bond acceptors (Lipinski definition) is 3. The van der Waals surface area contributed by atoms with Gasteiger partial charge in [0.15, 0.2) is 6.61 Å². The van der Waals surface area contributed by atoms with E-state index in [1.54, 1.807) is 4.68 Å². The van der Waals surface area contributed by atoms with Crippen molar-refractivity contribution in [2.75, 3.05) is 6.61 Å². The second kappa shape index (κ2) is 6.94. The van der Waals surface area contributed by atoms with Crippen LogP contribution in [0.2, 0.25) is 0 Å². The lowest BCUT2D eigenvalue weighted by molar-refractivity contribution is -0.153. The van der Waals surface area contributed by atoms with Gasteiger partial charge in [0.1, 0.15) is 5.75 Å². The number of amides is 1. The minimum atomic E-state index is -4.42. The molecule has 1 heterocycles. The Kier molecular flexibility index (Phi) is 5.16. The molecule has 1 amide bonds. The molecule has 0 atom stereocenters. The quantitative estimate of drug-likeness (QED) is 0.910. The summed E-state index contributed by atoms with van der Waals surface area (Å²) in [6.07, 6.45) is -4.42. The largest absolute Gasteiger partial charge is 0.484 e. The first kappa shape index (κ1) is 17.8. The van der Waals surface area contributed by atoms with E-state index in [1.807, 2.05) is 20.9 Å². The van der Waals surface area contributed by atoms with Gasteiger partial charge in [-0.15, -0.1) is 0 Å². The summed E-state index contributed by atoms with van der Waals surface area (Å²) < 4.78 is 42.9. The number of benzene rings is 1. The van der Waals surface area contributed by atoms with Crippen molar-refractivity contribution >= 4 is 5.91 Å². The minimum absolute atomic E-state index is 0.00582. The summed E-state index contributed by atoms with van der Waals surface area (Å²) in [5.74, 6) is -0.399. The molecule has 2 rings (SSSR count). The standard InChI is InChI=1S/C16H18F3N3O2/c1-10-14(11(2)22(3)21-10)8-20-15(23)12-5-4-6-13(7-12)24-9-16(17,18)19/h4-7H,8-9H2,1-3H3,(H,20,23). The Balaban J connectivity index is 2.02. The average molecular weight is 341 g/mol. The smallest absolute Gasteiger partial charge is 0.422 e. The maximum Gasteiger partial charge on any atom is 0.422 e. The van der Waals surface area contributed by atoms with Crippen LogP contribution >= 0.6 is 0 Å². The van der Waals surface area contributed by atoms with Crippen molar-refractivity contribution in [1.82, 2.24) is 15.1 Å². The van der Waals surface area contributed by atoms with Crippen molar-refractivity contribution in [2.24, 2.45) is 7.05 Å². The van der Waals surface area contributed by atoms with Crippen LogP contribution in [0.3, 0.4) is 0 Å². The zero-order valence-corrected chi connectivity index (χ0v) is 13.6. The fourth-order valence-corrected chi connectivity index (χ4v) is 2.24. The monoisotopic (exact) mass is 341 g/mol. The number of nitrogens with one attached hydrogen (secondary N) is 1. The van der Waals surface area contributed by atoms with Crippen LogP contribution in [0.5, 0.6) is 5.75 Å². The Labute approximate surface area is 137 Å². The van der Waals surface area contributed by atoms with Gasteiger partial charge in [0, 0.05) is 30.4 Å². The molecule has 0 radical (unpaired) electrons. The third kappa shape index (κ3) is 4.50. The summed E-state index contributed by atoms with van der Waals surface area (Å²) in [5, 5.41) is 7.00. The molecule has 0 aliphatic heterocycles. The molecule has 0 unspecified atom stereocenters. The van der Waals surface area contributed by atoms with Gasteiger partial charge >= 0.3 is 6.18 Å². The van der Waals surface area contributed by atoms with Gasteiger partial charge in [-0.25, -0.2) is 0 Å². The topological polar surface area (TPSA) is 56.2 Å². The zero-order chi connectivity index (χ0) is 17.9. The van der Waals surface area contributed by atoms with E-state index in [-0.39, 0.29) is 17.9 Å². The van der Waals surface area contributed by atoms with Crippen LogP contribution < -0.4 is 10.1 Å². The highest BCUT2D eigenvalue weighted by Crippen LogP contribution is 2.19. The first-order valence-corrected chi connectivity index (χ1v) is 7.24. The lowest BCUT2D eigenvalue weighted by atomic mass is 10.1. The SMILES string of the molecule is Cc1nn(C)c(C)c1CNC(=O)c1cccc(OCC(F)(F)F)c1. The summed E-state index contributed by atoms with van der Waals surface area (Å²) in [6, 6.07) is 5.64. The van der Waals surface area contributed by atoms with E-state index in [4.69, 9.17) is 0 Å². The number of hydrogen-bond donors (Lipinski definition) is 1. The molecule has 0 aliphatic rings. The predicted octanol–water partition coefficient (Wildman–Crippen LogP) is 2.91. The minimum Gasteiger partial charge on any atom is -0.484 e. The van der Waals surface area contributed by atoms with Gasteiger partial charge in [0.2, 0.25) is 0 Å². The molecule has 0 bridgehead atoms. The Morgan fingerprint density at radius 1 is 1.33 bits per heavy atom. The third-order valence-corrected chi connectivity index (χ3v) is 3.58. The molecule has 0 saturated heterocycles. The Bertz CT molecular complexity index is 739. The maximum atomic E-state index is 12.2. The highest BCUT2D eigenvalue weighted by molar-refractivity contribution is 5.94. The molecule has 0 saturated carbocycles. The van der Waals surface area contributed by atoms with E-state index >= 15 is 0 Å². The molecule has 0 fully saturated rings. The fourth-order valence-electron chi connectivity index (χ4n) is 2.24. The number of aryl methyl sites for hydroxylation is 2. The lowest BCUT2D eigenvalue weighted by Crippen LogP contribution is -2.23.